The molecule has 3 heteroatoms. The molecule has 0 aromatic heterocycles. The molecule has 1 aliphatic heterocycles. The van der Waals surface area contributed by atoms with E-state index >= 15 is 0 Å². The van der Waals surface area contributed by atoms with Crippen LogP contribution in [0.1, 0.15) is 49.8 Å². The quantitative estimate of drug-likeness (QED) is 0.579. The molecule has 1 unspecified atom stereocenters. The fourth-order valence-electron chi connectivity index (χ4n) is 4.05. The van der Waals surface area contributed by atoms with Gasteiger partial charge < -0.3 is 9.80 Å². The number of rotatable bonds is 5. The Morgan fingerprint density at radius 1 is 1.07 bits per heavy atom. The van der Waals surface area contributed by atoms with Crippen molar-refractivity contribution >= 4 is 17.3 Å². The molecule has 0 amide bonds. The van der Waals surface area contributed by atoms with E-state index in [1.165, 1.54) is 22.4 Å². The summed E-state index contributed by atoms with van der Waals surface area (Å²) in [5.74, 6) is 0.984. The van der Waals surface area contributed by atoms with Gasteiger partial charge in [0.2, 0.25) is 5.96 Å². The third-order valence-corrected chi connectivity index (χ3v) is 5.53. The first-order chi connectivity index (χ1) is 13.4. The molecule has 0 N–H and O–H groups in total. The fraction of sp³-hybridized carbons (Fsp3) is 0.400. The van der Waals surface area contributed by atoms with Gasteiger partial charge in [-0.15, -0.1) is 0 Å². The van der Waals surface area contributed by atoms with E-state index in [1.807, 2.05) is 0 Å². The van der Waals surface area contributed by atoms with Gasteiger partial charge in [-0.25, -0.2) is 4.99 Å². The monoisotopic (exact) mass is 375 g/mol. The number of hydrogen-bond donors (Lipinski definition) is 0. The third-order valence-electron chi connectivity index (χ3n) is 5.53. The van der Waals surface area contributed by atoms with Crippen LogP contribution in [0, 0.1) is 13.8 Å². The van der Waals surface area contributed by atoms with Crippen LogP contribution in [0.3, 0.4) is 0 Å². The molecule has 2 aromatic carbocycles. The summed E-state index contributed by atoms with van der Waals surface area (Å²) in [6.45, 7) is 8.72. The molecule has 0 fully saturated rings. The summed E-state index contributed by atoms with van der Waals surface area (Å²) in [5.41, 5.74) is 5.92. The molecule has 1 aliphatic rings. The van der Waals surface area contributed by atoms with Crippen LogP contribution in [0.25, 0.3) is 0 Å². The summed E-state index contributed by atoms with van der Waals surface area (Å²) in [7, 11) is 4.24. The fourth-order valence-corrected chi connectivity index (χ4v) is 4.05. The molecule has 28 heavy (non-hydrogen) atoms. The first-order valence-electron chi connectivity index (χ1n) is 10.3. The van der Waals surface area contributed by atoms with Gasteiger partial charge in [-0.1, -0.05) is 56.7 Å². The van der Waals surface area contributed by atoms with Crippen molar-refractivity contribution in [1.82, 2.24) is 0 Å². The van der Waals surface area contributed by atoms with E-state index in [0.29, 0.717) is 0 Å². The van der Waals surface area contributed by atoms with Crippen LogP contribution in [0.2, 0.25) is 0 Å². The number of guanidine groups is 1. The van der Waals surface area contributed by atoms with Crippen LogP contribution in [0.15, 0.2) is 59.6 Å². The van der Waals surface area contributed by atoms with Crippen LogP contribution in [-0.2, 0) is 5.54 Å². The van der Waals surface area contributed by atoms with Crippen LogP contribution < -0.4 is 9.80 Å². The highest BCUT2D eigenvalue weighted by Gasteiger charge is 2.38. The van der Waals surface area contributed by atoms with Crippen LogP contribution in [0.5, 0.6) is 0 Å². The molecular weight excluding hydrogens is 342 g/mol. The maximum Gasteiger partial charge on any atom is 0.206 e. The number of nitrogens with zero attached hydrogens (tertiary/aromatic N) is 3. The Balaban J connectivity index is 2.20. The van der Waals surface area contributed by atoms with Gasteiger partial charge in [0.15, 0.2) is 0 Å². The molecule has 0 spiro atoms. The number of allylic oxidation sites excluding steroid dienone is 1. The predicted molar refractivity (Wildman–Crippen MR) is 123 cm³/mol. The summed E-state index contributed by atoms with van der Waals surface area (Å²) >= 11 is 0. The standard InChI is InChI=1S/C25H33N3/c1-7-9-16-25(15-8-2)22-14-13-20(4)18-23(22)28(6)24(26-25)27(5)21-12-10-11-19(3)17-21/h9-14,16-18H,7-8,15H2,1-6H3/b16-9+. The molecule has 0 radical (unpaired) electrons. The topological polar surface area (TPSA) is 18.8 Å². The zero-order valence-electron chi connectivity index (χ0n) is 18.2. The number of anilines is 2. The molecule has 0 bridgehead atoms. The molecule has 148 valence electrons. The van der Waals surface area contributed by atoms with E-state index in [1.54, 1.807) is 0 Å². The SMILES string of the molecule is CC/C=C/C1(CCC)N=C(N(C)c2cccc(C)c2)N(C)c2cc(C)ccc21. The second-order valence-electron chi connectivity index (χ2n) is 7.87. The predicted octanol–water partition coefficient (Wildman–Crippen LogP) is 6.21. The second kappa shape index (κ2) is 8.22. The van der Waals surface area contributed by atoms with Gasteiger partial charge in [0.1, 0.15) is 5.54 Å². The highest BCUT2D eigenvalue weighted by Crippen LogP contribution is 2.43. The second-order valence-corrected chi connectivity index (χ2v) is 7.87. The molecule has 2 aromatic rings. The summed E-state index contributed by atoms with van der Waals surface area (Å²) in [5, 5.41) is 0. The Labute approximate surface area is 170 Å². The zero-order valence-corrected chi connectivity index (χ0v) is 18.2. The van der Waals surface area contributed by atoms with E-state index in [-0.39, 0.29) is 5.54 Å². The van der Waals surface area contributed by atoms with Gasteiger partial charge in [-0.3, -0.25) is 0 Å². The minimum absolute atomic E-state index is 0.312. The lowest BCUT2D eigenvalue weighted by Crippen LogP contribution is -2.47. The molecule has 0 saturated heterocycles. The smallest absolute Gasteiger partial charge is 0.206 e. The number of fused-ring (bicyclic) bond motifs is 1. The van der Waals surface area contributed by atoms with Crippen molar-refractivity contribution in [1.29, 1.82) is 0 Å². The maximum absolute atomic E-state index is 5.38. The highest BCUT2D eigenvalue weighted by atomic mass is 15.4. The minimum Gasteiger partial charge on any atom is -0.315 e. The van der Waals surface area contributed by atoms with Gasteiger partial charge in [0, 0.05) is 31.0 Å². The van der Waals surface area contributed by atoms with Crippen molar-refractivity contribution in [2.24, 2.45) is 4.99 Å². The molecule has 3 rings (SSSR count). The van der Waals surface area contributed by atoms with E-state index in [2.05, 4.69) is 106 Å². The Morgan fingerprint density at radius 3 is 2.50 bits per heavy atom. The Bertz CT molecular complexity index is 896. The molecule has 1 heterocycles. The summed E-state index contributed by atoms with van der Waals surface area (Å²) in [4.78, 5) is 9.83. The summed E-state index contributed by atoms with van der Waals surface area (Å²) in [6, 6.07) is 15.4. The van der Waals surface area contributed by atoms with Gasteiger partial charge in [-0.2, -0.15) is 0 Å². The average molecular weight is 376 g/mol. The normalized spacial score (nSPS) is 18.9. The van der Waals surface area contributed by atoms with Crippen LogP contribution in [-0.4, -0.2) is 20.1 Å². The van der Waals surface area contributed by atoms with E-state index in [0.717, 1.165) is 30.9 Å². The van der Waals surface area contributed by atoms with Crippen molar-refractivity contribution in [3.63, 3.8) is 0 Å². The van der Waals surface area contributed by atoms with Crippen LogP contribution in [0.4, 0.5) is 11.4 Å². The number of aliphatic imine (C=N–C) groups is 1. The number of benzene rings is 2. The average Bonchev–Trinajstić information content (AvgIpc) is 2.68. The Kier molecular flexibility index (Phi) is 5.93. The van der Waals surface area contributed by atoms with Crippen LogP contribution >= 0.6 is 0 Å². The first kappa shape index (κ1) is 20.2. The highest BCUT2D eigenvalue weighted by molar-refractivity contribution is 6.08. The number of hydrogen-bond acceptors (Lipinski definition) is 3. The molecule has 0 aliphatic carbocycles. The van der Waals surface area contributed by atoms with Crippen molar-refractivity contribution in [3.05, 3.63) is 71.3 Å². The van der Waals surface area contributed by atoms with Crippen molar-refractivity contribution in [2.75, 3.05) is 23.9 Å². The molecule has 1 atom stereocenters. The van der Waals surface area contributed by atoms with Gasteiger partial charge in [-0.05, 0) is 56.0 Å². The first-order valence-corrected chi connectivity index (χ1v) is 10.3. The zero-order chi connectivity index (χ0) is 20.3. The van der Waals surface area contributed by atoms with E-state index < -0.39 is 0 Å². The Morgan fingerprint density at radius 2 is 1.82 bits per heavy atom. The third kappa shape index (κ3) is 3.71. The molecule has 3 nitrogen and oxygen atoms in total. The Hall–Kier alpha value is -2.55. The van der Waals surface area contributed by atoms with Crippen molar-refractivity contribution in [2.45, 2.75) is 52.5 Å². The number of aryl methyl sites for hydroxylation is 2. The lowest BCUT2D eigenvalue weighted by Gasteiger charge is -2.41. The molecule has 0 saturated carbocycles. The van der Waals surface area contributed by atoms with Crippen molar-refractivity contribution in [3.8, 4) is 0 Å². The van der Waals surface area contributed by atoms with E-state index in [4.69, 9.17) is 4.99 Å². The maximum atomic E-state index is 5.38. The minimum atomic E-state index is -0.312. The van der Waals surface area contributed by atoms with E-state index in [9.17, 15) is 0 Å². The lowest BCUT2D eigenvalue weighted by atomic mass is 9.82. The van der Waals surface area contributed by atoms with Gasteiger partial charge in [0.05, 0.1) is 0 Å². The van der Waals surface area contributed by atoms with Crippen molar-refractivity contribution < 1.29 is 0 Å². The molecular formula is C25H33N3. The largest absolute Gasteiger partial charge is 0.315 e. The van der Waals surface area contributed by atoms with Gasteiger partial charge in [0.25, 0.3) is 0 Å². The van der Waals surface area contributed by atoms with Gasteiger partial charge >= 0.3 is 0 Å². The summed E-state index contributed by atoms with van der Waals surface area (Å²) < 4.78 is 0. The lowest BCUT2D eigenvalue weighted by molar-refractivity contribution is 0.498. The summed E-state index contributed by atoms with van der Waals surface area (Å²) in [6.07, 6.45) is 7.68.